The number of nitrogens with zero attached hydrogens (tertiary/aromatic N) is 8. The number of nitrogens with one attached hydrogen (secondary N) is 4. The molecule has 7 aromatic rings. The number of H-pyrrole nitrogens is 2. The van der Waals surface area contributed by atoms with Crippen LogP contribution in [0.2, 0.25) is 0 Å². The monoisotopic (exact) mass is 760 g/mol. The number of methoxy groups -OCH3 is 1. The van der Waals surface area contributed by atoms with Gasteiger partial charge in [0, 0.05) is 48.0 Å². The predicted octanol–water partition coefficient (Wildman–Crippen LogP) is 5.85. The number of rotatable bonds is 7. The molecule has 0 aliphatic carbocycles. The van der Waals surface area contributed by atoms with Crippen LogP contribution in [0.25, 0.3) is 45.3 Å². The number of hydrogen-bond acceptors (Lipinski definition) is 10. The second kappa shape index (κ2) is 18.3. The molecule has 0 radical (unpaired) electrons. The summed E-state index contributed by atoms with van der Waals surface area (Å²) in [4.78, 5) is 42.5. The summed E-state index contributed by atoms with van der Waals surface area (Å²) in [6.45, 7) is 3.84. The molecule has 0 atom stereocenters. The fraction of sp³-hybridized carbons (Fsp3) is 0.275. The molecule has 0 unspecified atom stereocenters. The molecular formula is C40H42F2N12O2. The van der Waals surface area contributed by atoms with E-state index in [-0.39, 0.29) is 11.6 Å². The molecule has 0 amide bonds. The van der Waals surface area contributed by atoms with Crippen LogP contribution in [0.1, 0.15) is 37.8 Å². The summed E-state index contributed by atoms with van der Waals surface area (Å²) < 4.78 is 36.1. The van der Waals surface area contributed by atoms with Crippen molar-refractivity contribution in [2.45, 2.75) is 37.8 Å². The molecule has 14 nitrogen and oxygen atoms in total. The fourth-order valence-electron chi connectivity index (χ4n) is 6.90. The van der Waals surface area contributed by atoms with Crippen molar-refractivity contribution in [3.63, 3.8) is 0 Å². The van der Waals surface area contributed by atoms with Crippen molar-refractivity contribution >= 4 is 0 Å². The van der Waals surface area contributed by atoms with Crippen LogP contribution in [0.3, 0.4) is 0 Å². The van der Waals surface area contributed by atoms with Gasteiger partial charge in [0.25, 0.3) is 0 Å². The first-order valence-corrected chi connectivity index (χ1v) is 18.4. The lowest BCUT2D eigenvalue weighted by Gasteiger charge is -2.25. The third kappa shape index (κ3) is 9.10. The van der Waals surface area contributed by atoms with Crippen LogP contribution < -0.4 is 21.1 Å². The smallest absolute Gasteiger partial charge is 0.345 e. The van der Waals surface area contributed by atoms with Crippen molar-refractivity contribution in [1.29, 1.82) is 0 Å². The van der Waals surface area contributed by atoms with Crippen LogP contribution in [0.4, 0.5) is 8.78 Å². The van der Waals surface area contributed by atoms with Crippen LogP contribution in [0.15, 0.2) is 109 Å². The Morgan fingerprint density at radius 2 is 1.23 bits per heavy atom. The number of halogens is 2. The number of benzene rings is 2. The molecule has 0 saturated carbocycles. The van der Waals surface area contributed by atoms with Crippen molar-refractivity contribution in [3.8, 4) is 51.3 Å². The van der Waals surface area contributed by atoms with Gasteiger partial charge in [-0.1, -0.05) is 0 Å². The molecule has 0 bridgehead atoms. The lowest BCUT2D eigenvalue weighted by molar-refractivity contribution is 0.368. The maximum atomic E-state index is 13.4. The Labute approximate surface area is 321 Å². The highest BCUT2D eigenvalue weighted by molar-refractivity contribution is 5.78. The van der Waals surface area contributed by atoms with Gasteiger partial charge < -0.3 is 34.5 Å². The van der Waals surface area contributed by atoms with Gasteiger partial charge in [-0.15, -0.1) is 0 Å². The van der Waals surface area contributed by atoms with Crippen molar-refractivity contribution in [3.05, 3.63) is 127 Å². The molecule has 288 valence electrons. The van der Waals surface area contributed by atoms with Crippen LogP contribution in [0, 0.1) is 11.6 Å². The highest BCUT2D eigenvalue weighted by atomic mass is 19.1. The standard InChI is InChI=1S/C19H20FN5O.C18H18FN5O.C3H4N2/c1-26-19-22-11-8-16(24-19)18-17(13-2-4-14(20)5-3-13)23-12-25(18)15-6-9-21-10-7-15;19-13-3-1-12(2-4-13)16-17(15-7-10-21-18(25)23-15)24(11-22-16)14-5-8-20-9-6-14;1-2-5-3-4-1/h2-5,8,11-12,15,21H,6-7,9-10H2,1H3;1-4,7,10-11,14,20H,5-6,8-9H2,(H,21,23,25);1-3H,(H,4,5). The van der Waals surface area contributed by atoms with Crippen LogP contribution in [0.5, 0.6) is 6.01 Å². The highest BCUT2D eigenvalue weighted by Gasteiger charge is 2.25. The van der Waals surface area contributed by atoms with Crippen molar-refractivity contribution < 1.29 is 13.5 Å². The van der Waals surface area contributed by atoms with Crippen LogP contribution in [-0.4, -0.2) is 82.3 Å². The molecule has 16 heteroatoms. The van der Waals surface area contributed by atoms with E-state index >= 15 is 0 Å². The molecule has 9 rings (SSSR count). The third-order valence-corrected chi connectivity index (χ3v) is 9.62. The molecule has 0 spiro atoms. The topological polar surface area (TPSA) is 169 Å². The SMILES string of the molecule is COc1nccc(-c2c(-c3ccc(F)cc3)ncn2C2CCNCC2)n1.O=c1nccc(-c2c(-c3ccc(F)cc3)ncn2C2CCNCC2)[nH]1.c1c[nH]cn1. The van der Waals surface area contributed by atoms with Gasteiger partial charge in [0.05, 0.1) is 60.3 Å². The molecule has 2 saturated heterocycles. The third-order valence-electron chi connectivity index (χ3n) is 9.62. The van der Waals surface area contributed by atoms with E-state index < -0.39 is 5.69 Å². The lowest BCUT2D eigenvalue weighted by atomic mass is 10.0. The molecule has 7 heterocycles. The quantitative estimate of drug-likeness (QED) is 0.155. The Morgan fingerprint density at radius 3 is 1.73 bits per heavy atom. The summed E-state index contributed by atoms with van der Waals surface area (Å²) in [5.41, 5.74) is 5.91. The molecule has 5 aromatic heterocycles. The Kier molecular flexibility index (Phi) is 12.4. The van der Waals surface area contributed by atoms with E-state index in [9.17, 15) is 13.6 Å². The van der Waals surface area contributed by atoms with Gasteiger partial charge in [0.15, 0.2) is 0 Å². The van der Waals surface area contributed by atoms with E-state index in [1.807, 2.05) is 18.7 Å². The molecular weight excluding hydrogens is 719 g/mol. The number of piperidine rings is 2. The van der Waals surface area contributed by atoms with Gasteiger partial charge in [-0.05, 0) is 113 Å². The van der Waals surface area contributed by atoms with E-state index in [2.05, 4.69) is 59.6 Å². The minimum absolute atomic E-state index is 0.267. The molecule has 2 aliphatic heterocycles. The number of ether oxygens (including phenoxy) is 1. The van der Waals surface area contributed by atoms with Gasteiger partial charge >= 0.3 is 11.7 Å². The summed E-state index contributed by atoms with van der Waals surface area (Å²) in [7, 11) is 1.55. The van der Waals surface area contributed by atoms with E-state index in [0.29, 0.717) is 23.8 Å². The number of aromatic amines is 2. The van der Waals surface area contributed by atoms with E-state index in [1.165, 1.54) is 30.5 Å². The van der Waals surface area contributed by atoms with Crippen LogP contribution >= 0.6 is 0 Å². The van der Waals surface area contributed by atoms with Crippen molar-refractivity contribution in [2.75, 3.05) is 33.3 Å². The second-order valence-electron chi connectivity index (χ2n) is 13.2. The highest BCUT2D eigenvalue weighted by Crippen LogP contribution is 2.36. The van der Waals surface area contributed by atoms with E-state index in [1.54, 1.807) is 62.4 Å². The van der Waals surface area contributed by atoms with Crippen LogP contribution in [-0.2, 0) is 0 Å². The molecule has 2 fully saturated rings. The zero-order chi connectivity index (χ0) is 38.7. The normalized spacial score (nSPS) is 14.6. The maximum Gasteiger partial charge on any atom is 0.345 e. The van der Waals surface area contributed by atoms with Crippen molar-refractivity contribution in [2.24, 2.45) is 0 Å². The summed E-state index contributed by atoms with van der Waals surface area (Å²) in [6, 6.07) is 17.2. The Balaban J connectivity index is 0.000000153. The summed E-state index contributed by atoms with van der Waals surface area (Å²) in [6.07, 6.45) is 15.9. The van der Waals surface area contributed by atoms with E-state index in [0.717, 1.165) is 91.5 Å². The van der Waals surface area contributed by atoms with Gasteiger partial charge in [-0.2, -0.15) is 4.98 Å². The van der Waals surface area contributed by atoms with Gasteiger partial charge in [0.2, 0.25) is 0 Å². The maximum absolute atomic E-state index is 13.4. The number of hydrogen-bond donors (Lipinski definition) is 4. The second-order valence-corrected chi connectivity index (χ2v) is 13.2. The number of imidazole rings is 3. The zero-order valence-electron chi connectivity index (χ0n) is 30.8. The Bertz CT molecular complexity index is 2310. The summed E-state index contributed by atoms with van der Waals surface area (Å²) in [5.74, 6) is -0.558. The van der Waals surface area contributed by atoms with Gasteiger partial charge in [0.1, 0.15) is 11.6 Å². The first-order chi connectivity index (χ1) is 27.5. The largest absolute Gasteiger partial charge is 0.467 e. The molecule has 56 heavy (non-hydrogen) atoms. The first-order valence-electron chi connectivity index (χ1n) is 18.4. The molecule has 4 N–H and O–H groups in total. The molecule has 2 aliphatic rings. The summed E-state index contributed by atoms with van der Waals surface area (Å²) >= 11 is 0. The Morgan fingerprint density at radius 1 is 0.679 bits per heavy atom. The zero-order valence-corrected chi connectivity index (χ0v) is 30.8. The molecule has 2 aromatic carbocycles. The summed E-state index contributed by atoms with van der Waals surface area (Å²) in [5, 5.41) is 6.74. The fourth-order valence-corrected chi connectivity index (χ4v) is 6.90. The van der Waals surface area contributed by atoms with Crippen molar-refractivity contribution in [1.82, 2.24) is 59.6 Å². The van der Waals surface area contributed by atoms with Gasteiger partial charge in [-0.3, -0.25) is 0 Å². The predicted molar refractivity (Wildman–Crippen MR) is 208 cm³/mol. The first kappa shape index (κ1) is 37.9. The van der Waals surface area contributed by atoms with E-state index in [4.69, 9.17) is 4.74 Å². The Hall–Kier alpha value is -6.39. The lowest BCUT2D eigenvalue weighted by Crippen LogP contribution is -2.29. The average Bonchev–Trinajstić information content (AvgIpc) is 4.06. The van der Waals surface area contributed by atoms with Gasteiger partial charge in [-0.25, -0.2) is 38.5 Å². The average molecular weight is 761 g/mol. The minimum atomic E-state index is -0.402. The number of aromatic nitrogens is 10. The minimum Gasteiger partial charge on any atom is -0.467 e.